The van der Waals surface area contributed by atoms with E-state index in [9.17, 15) is 9.18 Å². The van der Waals surface area contributed by atoms with Gasteiger partial charge in [0.1, 0.15) is 10.8 Å². The van der Waals surface area contributed by atoms with Gasteiger partial charge in [-0.1, -0.05) is 19.1 Å². The van der Waals surface area contributed by atoms with E-state index in [4.69, 9.17) is 0 Å². The molecule has 100 valence electrons. The number of aromatic nitrogens is 1. The third kappa shape index (κ3) is 3.86. The van der Waals surface area contributed by atoms with Crippen LogP contribution in [0.15, 0.2) is 29.6 Å². The van der Waals surface area contributed by atoms with Crippen LogP contribution in [-0.2, 0) is 11.2 Å². The van der Waals surface area contributed by atoms with Crippen LogP contribution in [-0.4, -0.2) is 17.4 Å². The topological polar surface area (TPSA) is 42.0 Å². The summed E-state index contributed by atoms with van der Waals surface area (Å²) in [6.07, 6.45) is 1.18. The molecular formula is C14H15FN2OS. The van der Waals surface area contributed by atoms with Crippen molar-refractivity contribution in [3.05, 3.63) is 41.2 Å². The Bertz CT molecular complexity index is 568. The molecule has 0 unspecified atom stereocenters. The Kier molecular flexibility index (Phi) is 4.63. The highest BCUT2D eigenvalue weighted by atomic mass is 32.1. The van der Waals surface area contributed by atoms with Crippen LogP contribution in [0, 0.1) is 5.82 Å². The largest absolute Gasteiger partial charge is 0.356 e. The van der Waals surface area contributed by atoms with Crippen molar-refractivity contribution < 1.29 is 9.18 Å². The summed E-state index contributed by atoms with van der Waals surface area (Å²) in [7, 11) is 0. The lowest BCUT2D eigenvalue weighted by Gasteiger charge is -2.00. The summed E-state index contributed by atoms with van der Waals surface area (Å²) >= 11 is 1.42. The van der Waals surface area contributed by atoms with Gasteiger partial charge in [-0.05, 0) is 18.6 Å². The van der Waals surface area contributed by atoms with Gasteiger partial charge >= 0.3 is 0 Å². The highest BCUT2D eigenvalue weighted by Gasteiger charge is 2.09. The molecule has 0 spiro atoms. The van der Waals surface area contributed by atoms with E-state index in [0.29, 0.717) is 6.54 Å². The third-order valence-electron chi connectivity index (χ3n) is 2.54. The Labute approximate surface area is 115 Å². The number of nitrogens with zero attached hydrogens (tertiary/aromatic N) is 1. The molecule has 1 amide bonds. The zero-order valence-electron chi connectivity index (χ0n) is 10.6. The van der Waals surface area contributed by atoms with Gasteiger partial charge in [0.05, 0.1) is 12.1 Å². The van der Waals surface area contributed by atoms with Crippen LogP contribution in [0.1, 0.15) is 19.0 Å². The fourth-order valence-corrected chi connectivity index (χ4v) is 2.45. The summed E-state index contributed by atoms with van der Waals surface area (Å²) in [4.78, 5) is 15.9. The highest BCUT2D eigenvalue weighted by Crippen LogP contribution is 2.24. The van der Waals surface area contributed by atoms with E-state index in [1.54, 1.807) is 6.07 Å². The van der Waals surface area contributed by atoms with Gasteiger partial charge < -0.3 is 5.32 Å². The number of carbonyl (C=O) groups excluding carboxylic acids is 1. The molecule has 0 fully saturated rings. The maximum atomic E-state index is 13.1. The van der Waals surface area contributed by atoms with Crippen molar-refractivity contribution in [2.24, 2.45) is 0 Å². The van der Waals surface area contributed by atoms with Crippen LogP contribution in [0.5, 0.6) is 0 Å². The van der Waals surface area contributed by atoms with Gasteiger partial charge in [-0.3, -0.25) is 4.79 Å². The minimum atomic E-state index is -0.282. The van der Waals surface area contributed by atoms with Crippen molar-refractivity contribution in [1.82, 2.24) is 10.3 Å². The highest BCUT2D eigenvalue weighted by molar-refractivity contribution is 7.13. The van der Waals surface area contributed by atoms with Crippen molar-refractivity contribution in [2.75, 3.05) is 6.54 Å². The number of thiazole rings is 1. The van der Waals surface area contributed by atoms with Gasteiger partial charge in [0.2, 0.25) is 5.91 Å². The number of amides is 1. The molecular weight excluding hydrogens is 263 g/mol. The molecule has 1 aromatic heterocycles. The second kappa shape index (κ2) is 6.43. The van der Waals surface area contributed by atoms with Crippen LogP contribution in [0.25, 0.3) is 10.6 Å². The first kappa shape index (κ1) is 13.7. The SMILES string of the molecule is CCCNC(=O)Cc1csc(-c2cccc(F)c2)n1. The molecule has 3 nitrogen and oxygen atoms in total. The predicted molar refractivity (Wildman–Crippen MR) is 74.5 cm³/mol. The summed E-state index contributed by atoms with van der Waals surface area (Å²) in [5, 5.41) is 5.38. The molecule has 1 N–H and O–H groups in total. The number of carbonyl (C=O) groups is 1. The normalized spacial score (nSPS) is 10.4. The van der Waals surface area contributed by atoms with Gasteiger partial charge in [-0.25, -0.2) is 9.37 Å². The van der Waals surface area contributed by atoms with Crippen molar-refractivity contribution in [3.8, 4) is 10.6 Å². The maximum absolute atomic E-state index is 13.1. The third-order valence-corrected chi connectivity index (χ3v) is 3.48. The van der Waals surface area contributed by atoms with E-state index >= 15 is 0 Å². The second-order valence-electron chi connectivity index (χ2n) is 4.18. The van der Waals surface area contributed by atoms with Crippen LogP contribution in [0.4, 0.5) is 4.39 Å². The molecule has 0 radical (unpaired) electrons. The predicted octanol–water partition coefficient (Wildman–Crippen LogP) is 3.02. The van der Waals surface area contributed by atoms with Gasteiger partial charge in [0.15, 0.2) is 0 Å². The molecule has 0 bridgehead atoms. The van der Waals surface area contributed by atoms with E-state index in [-0.39, 0.29) is 18.1 Å². The minimum Gasteiger partial charge on any atom is -0.356 e. The van der Waals surface area contributed by atoms with E-state index in [2.05, 4.69) is 10.3 Å². The average Bonchev–Trinajstić information content (AvgIpc) is 2.85. The van der Waals surface area contributed by atoms with Crippen LogP contribution in [0.3, 0.4) is 0 Å². The standard InChI is InChI=1S/C14H15FN2OS/c1-2-6-16-13(18)8-12-9-19-14(17-12)10-4-3-5-11(15)7-10/h3-5,7,9H,2,6,8H2,1H3,(H,16,18). The number of halogens is 1. The summed E-state index contributed by atoms with van der Waals surface area (Å²) in [6.45, 7) is 2.69. The quantitative estimate of drug-likeness (QED) is 0.913. The zero-order valence-corrected chi connectivity index (χ0v) is 11.5. The average molecular weight is 278 g/mol. The van der Waals surface area contributed by atoms with Crippen molar-refractivity contribution in [3.63, 3.8) is 0 Å². The van der Waals surface area contributed by atoms with Crippen molar-refractivity contribution in [1.29, 1.82) is 0 Å². The number of hydrogen-bond acceptors (Lipinski definition) is 3. The van der Waals surface area contributed by atoms with Crippen molar-refractivity contribution >= 4 is 17.2 Å². The van der Waals surface area contributed by atoms with Crippen LogP contribution >= 0.6 is 11.3 Å². The van der Waals surface area contributed by atoms with Gasteiger partial charge in [0.25, 0.3) is 0 Å². The number of benzene rings is 1. The van der Waals surface area contributed by atoms with Crippen molar-refractivity contribution in [2.45, 2.75) is 19.8 Å². The molecule has 0 saturated carbocycles. The fourth-order valence-electron chi connectivity index (χ4n) is 1.63. The summed E-state index contributed by atoms with van der Waals surface area (Å²) < 4.78 is 13.1. The lowest BCUT2D eigenvalue weighted by atomic mass is 10.2. The van der Waals surface area contributed by atoms with E-state index in [1.807, 2.05) is 18.4 Å². The minimum absolute atomic E-state index is 0.0297. The van der Waals surface area contributed by atoms with Gasteiger partial charge in [-0.15, -0.1) is 11.3 Å². The molecule has 0 aliphatic heterocycles. The van der Waals surface area contributed by atoms with E-state index in [0.717, 1.165) is 22.7 Å². The summed E-state index contributed by atoms with van der Waals surface area (Å²) in [5.74, 6) is -0.312. The van der Waals surface area contributed by atoms with Crippen LogP contribution in [0.2, 0.25) is 0 Å². The molecule has 0 atom stereocenters. The molecule has 5 heteroatoms. The molecule has 2 aromatic rings. The molecule has 2 rings (SSSR count). The lowest BCUT2D eigenvalue weighted by molar-refractivity contribution is -0.120. The fraction of sp³-hybridized carbons (Fsp3) is 0.286. The first-order valence-electron chi connectivity index (χ1n) is 6.16. The Morgan fingerprint density at radius 2 is 2.32 bits per heavy atom. The zero-order chi connectivity index (χ0) is 13.7. The molecule has 19 heavy (non-hydrogen) atoms. The molecule has 0 aliphatic rings. The summed E-state index contributed by atoms with van der Waals surface area (Å²) in [5.41, 5.74) is 1.46. The molecule has 0 saturated heterocycles. The maximum Gasteiger partial charge on any atom is 0.226 e. The number of nitrogens with one attached hydrogen (secondary N) is 1. The smallest absolute Gasteiger partial charge is 0.226 e. The number of rotatable bonds is 5. The Morgan fingerprint density at radius 3 is 3.05 bits per heavy atom. The Balaban J connectivity index is 2.05. The first-order valence-corrected chi connectivity index (χ1v) is 7.04. The summed E-state index contributed by atoms with van der Waals surface area (Å²) in [6, 6.07) is 6.30. The second-order valence-corrected chi connectivity index (χ2v) is 5.04. The van der Waals surface area contributed by atoms with Crippen LogP contribution < -0.4 is 5.32 Å². The molecule has 1 aromatic carbocycles. The first-order chi connectivity index (χ1) is 9.19. The molecule has 0 aliphatic carbocycles. The van der Waals surface area contributed by atoms with E-state index < -0.39 is 0 Å². The monoisotopic (exact) mass is 278 g/mol. The number of hydrogen-bond donors (Lipinski definition) is 1. The van der Waals surface area contributed by atoms with E-state index in [1.165, 1.54) is 23.5 Å². The lowest BCUT2D eigenvalue weighted by Crippen LogP contribution is -2.25. The Hall–Kier alpha value is -1.75. The molecule has 1 heterocycles. The Morgan fingerprint density at radius 1 is 1.47 bits per heavy atom. The van der Waals surface area contributed by atoms with Gasteiger partial charge in [0, 0.05) is 17.5 Å². The van der Waals surface area contributed by atoms with Gasteiger partial charge in [-0.2, -0.15) is 0 Å².